The highest BCUT2D eigenvalue weighted by Crippen LogP contribution is 2.20. The molecular weight excluding hydrogens is 318 g/mol. The topological polar surface area (TPSA) is 75.4 Å². The highest BCUT2D eigenvalue weighted by molar-refractivity contribution is 5.88. The van der Waals surface area contributed by atoms with Gasteiger partial charge in [0.15, 0.2) is 12.2 Å². The molecule has 0 radical (unpaired) electrons. The number of aromatic nitrogens is 1. The molecule has 1 atom stereocenters. The highest BCUT2D eigenvalue weighted by atomic mass is 16.3. The third kappa shape index (κ3) is 4.07. The van der Waals surface area contributed by atoms with Crippen molar-refractivity contribution in [3.8, 4) is 11.3 Å². The van der Waals surface area contributed by atoms with Gasteiger partial charge in [-0.1, -0.05) is 31.2 Å². The van der Waals surface area contributed by atoms with Gasteiger partial charge in [0, 0.05) is 25.1 Å². The van der Waals surface area contributed by atoms with E-state index in [0.29, 0.717) is 25.3 Å². The molecule has 6 nitrogen and oxygen atoms in total. The maximum Gasteiger partial charge on any atom is 0.243 e. The van der Waals surface area contributed by atoms with Crippen LogP contribution in [0.5, 0.6) is 0 Å². The van der Waals surface area contributed by atoms with E-state index in [1.54, 1.807) is 11.1 Å². The van der Waals surface area contributed by atoms with Gasteiger partial charge in [-0.3, -0.25) is 9.59 Å². The monoisotopic (exact) mass is 341 g/mol. The maximum atomic E-state index is 12.5. The van der Waals surface area contributed by atoms with E-state index in [2.05, 4.69) is 10.3 Å². The van der Waals surface area contributed by atoms with Gasteiger partial charge in [-0.2, -0.15) is 0 Å². The van der Waals surface area contributed by atoms with Gasteiger partial charge in [-0.25, -0.2) is 4.98 Å². The number of amides is 2. The van der Waals surface area contributed by atoms with E-state index in [9.17, 15) is 9.59 Å². The van der Waals surface area contributed by atoms with Crippen LogP contribution in [0.25, 0.3) is 11.3 Å². The lowest BCUT2D eigenvalue weighted by atomic mass is 10.1. The molecule has 1 aliphatic rings. The van der Waals surface area contributed by atoms with Crippen molar-refractivity contribution < 1.29 is 14.0 Å². The van der Waals surface area contributed by atoms with Crippen LogP contribution in [0.4, 0.5) is 0 Å². The molecule has 1 aliphatic heterocycles. The van der Waals surface area contributed by atoms with E-state index in [-0.39, 0.29) is 17.9 Å². The van der Waals surface area contributed by atoms with Gasteiger partial charge in [0.25, 0.3) is 0 Å². The fourth-order valence-electron chi connectivity index (χ4n) is 3.15. The van der Waals surface area contributed by atoms with Crippen LogP contribution in [0, 0.1) is 0 Å². The van der Waals surface area contributed by atoms with E-state index in [1.165, 1.54) is 6.39 Å². The Balaban J connectivity index is 1.56. The van der Waals surface area contributed by atoms with Crippen molar-refractivity contribution in [2.24, 2.45) is 0 Å². The first-order valence-electron chi connectivity index (χ1n) is 8.74. The summed E-state index contributed by atoms with van der Waals surface area (Å²) in [5, 5.41) is 2.95. The van der Waals surface area contributed by atoms with Crippen LogP contribution >= 0.6 is 0 Å². The van der Waals surface area contributed by atoms with Crippen LogP contribution in [-0.4, -0.2) is 34.3 Å². The molecule has 2 amide bonds. The Bertz CT molecular complexity index is 710. The third-order valence-corrected chi connectivity index (χ3v) is 4.48. The molecule has 0 saturated carbocycles. The Kier molecular flexibility index (Phi) is 5.48. The van der Waals surface area contributed by atoms with Crippen molar-refractivity contribution >= 4 is 11.8 Å². The number of hydrogen-bond acceptors (Lipinski definition) is 4. The third-order valence-electron chi connectivity index (χ3n) is 4.48. The molecule has 1 aromatic heterocycles. The predicted octanol–water partition coefficient (Wildman–Crippen LogP) is 2.75. The normalized spacial score (nSPS) is 16.8. The van der Waals surface area contributed by atoms with Gasteiger partial charge in [0.1, 0.15) is 6.04 Å². The molecular formula is C19H23N3O3. The molecule has 132 valence electrons. The first kappa shape index (κ1) is 17.2. The lowest BCUT2D eigenvalue weighted by molar-refractivity contribution is -0.138. The molecule has 2 heterocycles. The molecule has 2 aromatic rings. The molecule has 1 saturated heterocycles. The van der Waals surface area contributed by atoms with Crippen LogP contribution in [-0.2, 0) is 16.1 Å². The Morgan fingerprint density at radius 3 is 2.80 bits per heavy atom. The minimum atomic E-state index is -0.326. The largest absolute Gasteiger partial charge is 0.444 e. The second-order valence-corrected chi connectivity index (χ2v) is 6.28. The fraction of sp³-hybridized carbons (Fsp3) is 0.421. The van der Waals surface area contributed by atoms with Gasteiger partial charge < -0.3 is 14.6 Å². The minimum Gasteiger partial charge on any atom is -0.444 e. The Morgan fingerprint density at radius 2 is 2.12 bits per heavy atom. The number of nitrogens with one attached hydrogen (secondary N) is 1. The molecule has 3 rings (SSSR count). The number of hydrogen-bond donors (Lipinski definition) is 1. The fourth-order valence-corrected chi connectivity index (χ4v) is 3.15. The summed E-state index contributed by atoms with van der Waals surface area (Å²) in [4.78, 5) is 30.2. The Morgan fingerprint density at radius 1 is 1.32 bits per heavy atom. The molecule has 1 fully saturated rings. The summed E-state index contributed by atoms with van der Waals surface area (Å²) in [6.45, 7) is 3.11. The summed E-state index contributed by atoms with van der Waals surface area (Å²) in [6.07, 6.45) is 6.01. The van der Waals surface area contributed by atoms with E-state index in [4.69, 9.17) is 4.42 Å². The maximum absolute atomic E-state index is 12.5. The zero-order valence-electron chi connectivity index (χ0n) is 14.4. The van der Waals surface area contributed by atoms with Gasteiger partial charge >= 0.3 is 0 Å². The van der Waals surface area contributed by atoms with Gasteiger partial charge in [0.05, 0.1) is 6.20 Å². The highest BCUT2D eigenvalue weighted by Gasteiger charge is 2.33. The number of carbonyl (C=O) groups excluding carboxylic acids is 2. The van der Waals surface area contributed by atoms with E-state index >= 15 is 0 Å². The summed E-state index contributed by atoms with van der Waals surface area (Å²) in [5.74, 6) is 0.726. The first-order valence-corrected chi connectivity index (χ1v) is 8.74. The number of benzene rings is 1. The van der Waals surface area contributed by atoms with Crippen LogP contribution in [0.3, 0.4) is 0 Å². The number of oxazole rings is 1. The Labute approximate surface area is 147 Å². The summed E-state index contributed by atoms with van der Waals surface area (Å²) >= 11 is 0. The van der Waals surface area contributed by atoms with Crippen LogP contribution in [0.2, 0.25) is 0 Å². The van der Waals surface area contributed by atoms with E-state index in [0.717, 1.165) is 30.4 Å². The number of likely N-dealkylation sites (tertiary alicyclic amines) is 1. The molecule has 0 spiro atoms. The Hall–Kier alpha value is -2.63. The number of nitrogens with zero attached hydrogens (tertiary/aromatic N) is 2. The summed E-state index contributed by atoms with van der Waals surface area (Å²) in [6, 6.07) is 7.45. The minimum absolute atomic E-state index is 0.0683. The lowest BCUT2D eigenvalue weighted by Crippen LogP contribution is -2.45. The molecule has 1 unspecified atom stereocenters. The average Bonchev–Trinajstić information content (AvgIpc) is 3.32. The molecule has 25 heavy (non-hydrogen) atoms. The molecule has 6 heteroatoms. The molecule has 1 aromatic carbocycles. The van der Waals surface area contributed by atoms with Gasteiger partial charge in [-0.15, -0.1) is 0 Å². The van der Waals surface area contributed by atoms with Gasteiger partial charge in [0.2, 0.25) is 11.8 Å². The second-order valence-electron chi connectivity index (χ2n) is 6.28. The summed E-state index contributed by atoms with van der Waals surface area (Å²) < 4.78 is 5.26. The van der Waals surface area contributed by atoms with Crippen LogP contribution in [0.15, 0.2) is 41.3 Å². The van der Waals surface area contributed by atoms with E-state index < -0.39 is 0 Å². The molecule has 1 N–H and O–H groups in total. The molecule has 0 aliphatic carbocycles. The zero-order valence-corrected chi connectivity index (χ0v) is 14.4. The zero-order chi connectivity index (χ0) is 17.6. The van der Waals surface area contributed by atoms with Crippen molar-refractivity contribution in [1.82, 2.24) is 15.2 Å². The lowest BCUT2D eigenvalue weighted by Gasteiger charge is -2.23. The smallest absolute Gasteiger partial charge is 0.243 e. The van der Waals surface area contributed by atoms with Crippen molar-refractivity contribution in [3.63, 3.8) is 0 Å². The van der Waals surface area contributed by atoms with E-state index in [1.807, 2.05) is 31.2 Å². The summed E-state index contributed by atoms with van der Waals surface area (Å²) in [7, 11) is 0. The van der Waals surface area contributed by atoms with Crippen molar-refractivity contribution in [2.45, 2.75) is 45.2 Å². The number of rotatable bonds is 6. The predicted molar refractivity (Wildman–Crippen MR) is 93.4 cm³/mol. The first-order chi connectivity index (χ1) is 12.2. The summed E-state index contributed by atoms with van der Waals surface area (Å²) in [5.41, 5.74) is 1.95. The quantitative estimate of drug-likeness (QED) is 0.876. The van der Waals surface area contributed by atoms with Gasteiger partial charge in [-0.05, 0) is 24.8 Å². The van der Waals surface area contributed by atoms with Crippen molar-refractivity contribution in [3.05, 3.63) is 42.4 Å². The number of carbonyl (C=O) groups is 2. The SMILES string of the molecule is CCCC(=O)N1CCCC1C(=O)NCc1ccc(-c2cnco2)cc1. The van der Waals surface area contributed by atoms with Crippen LogP contribution in [0.1, 0.15) is 38.2 Å². The van der Waals surface area contributed by atoms with Crippen molar-refractivity contribution in [1.29, 1.82) is 0 Å². The van der Waals surface area contributed by atoms with Crippen molar-refractivity contribution in [2.75, 3.05) is 6.54 Å². The van der Waals surface area contributed by atoms with Crippen LogP contribution < -0.4 is 5.32 Å². The second kappa shape index (κ2) is 7.96. The average molecular weight is 341 g/mol. The molecule has 0 bridgehead atoms. The standard InChI is InChI=1S/C19H23N3O3/c1-2-4-18(23)22-10-3-5-16(22)19(24)21-11-14-6-8-15(9-7-14)17-12-20-13-25-17/h6-9,12-13,16H,2-5,10-11H2,1H3,(H,21,24).